The van der Waals surface area contributed by atoms with Crippen molar-refractivity contribution in [1.82, 2.24) is 19.4 Å². The second kappa shape index (κ2) is 5.30. The van der Waals surface area contributed by atoms with E-state index in [-0.39, 0.29) is 0 Å². The standard InChI is InChI=1S/C16H17N5S/c1-20-6-4-12-13(9-20)22-16-14(12)15(17)21(10-19-16)8-11-3-2-5-18-7-11/h2-3,5,7,10,17H,4,6,8-9H2,1H3. The molecular formula is C16H17N5S. The zero-order chi connectivity index (χ0) is 15.1. The van der Waals surface area contributed by atoms with Crippen LogP contribution in [0.4, 0.5) is 0 Å². The minimum absolute atomic E-state index is 0.566. The van der Waals surface area contributed by atoms with Gasteiger partial charge in [0.1, 0.15) is 10.3 Å². The first kappa shape index (κ1) is 13.6. The molecule has 6 heteroatoms. The molecule has 1 aliphatic rings. The molecule has 0 bridgehead atoms. The molecule has 0 fully saturated rings. The summed E-state index contributed by atoms with van der Waals surface area (Å²) in [6.07, 6.45) is 6.40. The molecule has 0 atom stereocenters. The number of hydrogen-bond acceptors (Lipinski definition) is 5. The number of thiophene rings is 1. The Labute approximate surface area is 132 Å². The predicted molar refractivity (Wildman–Crippen MR) is 86.8 cm³/mol. The highest BCUT2D eigenvalue weighted by Gasteiger charge is 2.21. The van der Waals surface area contributed by atoms with Crippen LogP contribution < -0.4 is 5.49 Å². The molecule has 112 valence electrons. The first-order valence-electron chi connectivity index (χ1n) is 7.34. The largest absolute Gasteiger partial charge is 0.312 e. The fourth-order valence-corrected chi connectivity index (χ4v) is 4.25. The molecule has 0 aliphatic carbocycles. The van der Waals surface area contributed by atoms with Crippen LogP contribution in [0.3, 0.4) is 0 Å². The summed E-state index contributed by atoms with van der Waals surface area (Å²) in [5, 5.41) is 9.63. The number of nitrogens with one attached hydrogen (secondary N) is 1. The van der Waals surface area contributed by atoms with Gasteiger partial charge >= 0.3 is 0 Å². The average molecular weight is 311 g/mol. The Bertz CT molecular complexity index is 881. The van der Waals surface area contributed by atoms with E-state index in [1.54, 1.807) is 23.9 Å². The summed E-state index contributed by atoms with van der Waals surface area (Å²) in [4.78, 5) is 13.4. The number of likely N-dealkylation sites (N-methyl/N-ethyl adjacent to an activating group) is 1. The van der Waals surface area contributed by atoms with E-state index in [9.17, 15) is 0 Å². The van der Waals surface area contributed by atoms with E-state index in [0.717, 1.165) is 35.3 Å². The van der Waals surface area contributed by atoms with Crippen LogP contribution in [-0.4, -0.2) is 33.0 Å². The summed E-state index contributed by atoms with van der Waals surface area (Å²) in [6, 6.07) is 3.95. The van der Waals surface area contributed by atoms with Gasteiger partial charge in [0.05, 0.1) is 18.3 Å². The molecule has 0 saturated carbocycles. The average Bonchev–Trinajstić information content (AvgIpc) is 2.89. The maximum Gasteiger partial charge on any atom is 0.136 e. The highest BCUT2D eigenvalue weighted by Crippen LogP contribution is 2.31. The third-order valence-electron chi connectivity index (χ3n) is 4.14. The summed E-state index contributed by atoms with van der Waals surface area (Å²) < 4.78 is 1.91. The quantitative estimate of drug-likeness (QED) is 0.787. The third kappa shape index (κ3) is 2.24. The van der Waals surface area contributed by atoms with E-state index >= 15 is 0 Å². The predicted octanol–water partition coefficient (Wildman–Crippen LogP) is 2.01. The lowest BCUT2D eigenvalue weighted by molar-refractivity contribution is 0.318. The van der Waals surface area contributed by atoms with Crippen molar-refractivity contribution in [3.05, 3.63) is 52.3 Å². The van der Waals surface area contributed by atoms with E-state index in [1.807, 2.05) is 22.9 Å². The van der Waals surface area contributed by atoms with Crippen molar-refractivity contribution in [1.29, 1.82) is 5.41 Å². The Morgan fingerprint density at radius 2 is 2.32 bits per heavy atom. The second-order valence-corrected chi connectivity index (χ2v) is 6.84. The molecule has 4 rings (SSSR count). The number of pyridine rings is 1. The van der Waals surface area contributed by atoms with Crippen molar-refractivity contribution in [2.45, 2.75) is 19.5 Å². The van der Waals surface area contributed by atoms with Gasteiger partial charge in [-0.3, -0.25) is 10.4 Å². The maximum absolute atomic E-state index is 8.59. The Morgan fingerprint density at radius 1 is 1.41 bits per heavy atom. The number of hydrogen-bond donors (Lipinski definition) is 1. The lowest BCUT2D eigenvalue weighted by atomic mass is 10.1. The topological polar surface area (TPSA) is 57.8 Å². The van der Waals surface area contributed by atoms with Crippen molar-refractivity contribution in [2.75, 3.05) is 13.6 Å². The van der Waals surface area contributed by atoms with Crippen LogP contribution >= 0.6 is 11.3 Å². The lowest BCUT2D eigenvalue weighted by Crippen LogP contribution is -2.27. The molecule has 0 unspecified atom stereocenters. The fourth-order valence-electron chi connectivity index (χ4n) is 2.98. The van der Waals surface area contributed by atoms with Crippen molar-refractivity contribution in [2.24, 2.45) is 0 Å². The van der Waals surface area contributed by atoms with Crippen LogP contribution in [0.1, 0.15) is 16.0 Å². The van der Waals surface area contributed by atoms with Crippen molar-refractivity contribution < 1.29 is 0 Å². The highest BCUT2D eigenvalue weighted by molar-refractivity contribution is 7.18. The van der Waals surface area contributed by atoms with E-state index in [4.69, 9.17) is 5.41 Å². The van der Waals surface area contributed by atoms with Gasteiger partial charge in [0.2, 0.25) is 0 Å². The van der Waals surface area contributed by atoms with E-state index < -0.39 is 0 Å². The minimum Gasteiger partial charge on any atom is -0.312 e. The van der Waals surface area contributed by atoms with Crippen LogP contribution in [-0.2, 0) is 19.5 Å². The fraction of sp³-hybridized carbons (Fsp3) is 0.312. The molecular weight excluding hydrogens is 294 g/mol. The van der Waals surface area contributed by atoms with Gasteiger partial charge in [0, 0.05) is 30.4 Å². The summed E-state index contributed by atoms with van der Waals surface area (Å²) in [5.74, 6) is 0. The van der Waals surface area contributed by atoms with Gasteiger partial charge in [0.25, 0.3) is 0 Å². The molecule has 0 aromatic carbocycles. The molecule has 0 amide bonds. The number of fused-ring (bicyclic) bond motifs is 3. The van der Waals surface area contributed by atoms with Gasteiger partial charge in [-0.05, 0) is 30.7 Å². The van der Waals surface area contributed by atoms with E-state index in [2.05, 4.69) is 21.9 Å². The summed E-state index contributed by atoms with van der Waals surface area (Å²) in [5.41, 5.74) is 2.98. The van der Waals surface area contributed by atoms with Gasteiger partial charge in [0.15, 0.2) is 0 Å². The zero-order valence-electron chi connectivity index (χ0n) is 12.4. The van der Waals surface area contributed by atoms with E-state index in [1.165, 1.54) is 10.4 Å². The lowest BCUT2D eigenvalue weighted by Gasteiger charge is -2.22. The molecule has 3 aromatic heterocycles. The van der Waals surface area contributed by atoms with Gasteiger partial charge in [-0.15, -0.1) is 11.3 Å². The Hall–Kier alpha value is -2.05. The normalized spacial score (nSPS) is 15.1. The number of nitrogens with zero attached hydrogens (tertiary/aromatic N) is 4. The van der Waals surface area contributed by atoms with Crippen LogP contribution in [0.25, 0.3) is 10.2 Å². The van der Waals surface area contributed by atoms with E-state index in [0.29, 0.717) is 12.0 Å². The SMILES string of the molecule is CN1CCc2c(sc3ncn(Cc4cccnc4)c(=N)c23)C1. The van der Waals surface area contributed by atoms with Gasteiger partial charge in [-0.2, -0.15) is 0 Å². The van der Waals surface area contributed by atoms with Crippen LogP contribution in [0, 0.1) is 5.41 Å². The molecule has 3 aromatic rings. The van der Waals surface area contributed by atoms with Crippen LogP contribution in [0.5, 0.6) is 0 Å². The monoisotopic (exact) mass is 311 g/mol. The molecule has 1 aliphatic heterocycles. The van der Waals surface area contributed by atoms with Crippen molar-refractivity contribution in [3.63, 3.8) is 0 Å². The van der Waals surface area contributed by atoms with Crippen LogP contribution in [0.2, 0.25) is 0 Å². The van der Waals surface area contributed by atoms with Crippen LogP contribution in [0.15, 0.2) is 30.9 Å². The Morgan fingerprint density at radius 3 is 3.14 bits per heavy atom. The smallest absolute Gasteiger partial charge is 0.136 e. The van der Waals surface area contributed by atoms with Gasteiger partial charge < -0.3 is 9.47 Å². The third-order valence-corrected chi connectivity index (χ3v) is 5.27. The molecule has 0 saturated heterocycles. The first-order chi connectivity index (χ1) is 10.7. The summed E-state index contributed by atoms with van der Waals surface area (Å²) in [6.45, 7) is 2.66. The molecule has 0 spiro atoms. The van der Waals surface area contributed by atoms with Crippen molar-refractivity contribution in [3.8, 4) is 0 Å². The highest BCUT2D eigenvalue weighted by atomic mass is 32.1. The molecule has 22 heavy (non-hydrogen) atoms. The maximum atomic E-state index is 8.59. The second-order valence-electron chi connectivity index (χ2n) is 5.75. The molecule has 5 nitrogen and oxygen atoms in total. The summed E-state index contributed by atoms with van der Waals surface area (Å²) >= 11 is 1.73. The van der Waals surface area contributed by atoms with Crippen molar-refractivity contribution >= 4 is 21.6 Å². The molecule has 1 N–H and O–H groups in total. The first-order valence-corrected chi connectivity index (χ1v) is 8.16. The zero-order valence-corrected chi connectivity index (χ0v) is 13.2. The molecule has 4 heterocycles. The minimum atomic E-state index is 0.566. The number of aromatic nitrogens is 3. The summed E-state index contributed by atoms with van der Waals surface area (Å²) in [7, 11) is 2.14. The molecule has 0 radical (unpaired) electrons. The van der Waals surface area contributed by atoms with Gasteiger partial charge in [-0.25, -0.2) is 4.98 Å². The Balaban J connectivity index is 1.82. The number of rotatable bonds is 2. The Kier molecular flexibility index (Phi) is 3.28. The van der Waals surface area contributed by atoms with Gasteiger partial charge in [-0.1, -0.05) is 6.07 Å².